The van der Waals surface area contributed by atoms with Gasteiger partial charge in [-0.25, -0.2) is 0 Å². The molecule has 1 aromatic carbocycles. The Bertz CT molecular complexity index is 523. The van der Waals surface area contributed by atoms with Crippen molar-refractivity contribution in [1.82, 2.24) is 4.90 Å². The van der Waals surface area contributed by atoms with Gasteiger partial charge in [0.15, 0.2) is 5.78 Å². The molecule has 5 heteroatoms. The van der Waals surface area contributed by atoms with E-state index in [-0.39, 0.29) is 11.5 Å². The van der Waals surface area contributed by atoms with Crippen molar-refractivity contribution in [3.63, 3.8) is 0 Å². The predicted octanol–water partition coefficient (Wildman–Crippen LogP) is 2.39. The Hall–Kier alpha value is -2.17. The zero-order valence-electron chi connectivity index (χ0n) is 10.1. The Morgan fingerprint density at radius 1 is 1.50 bits per heavy atom. The van der Waals surface area contributed by atoms with Gasteiger partial charge in [0.25, 0.3) is 5.69 Å². The number of non-ortho nitro benzene ring substituents is 1. The van der Waals surface area contributed by atoms with Crippen LogP contribution in [-0.4, -0.2) is 29.2 Å². The molecule has 18 heavy (non-hydrogen) atoms. The molecule has 1 aromatic rings. The van der Waals surface area contributed by atoms with E-state index >= 15 is 0 Å². The van der Waals surface area contributed by atoms with Crippen molar-refractivity contribution in [1.29, 1.82) is 0 Å². The van der Waals surface area contributed by atoms with Crippen molar-refractivity contribution in [2.45, 2.75) is 12.8 Å². The largest absolute Gasteiger partial charge is 0.378 e. The summed E-state index contributed by atoms with van der Waals surface area (Å²) in [6.45, 7) is 0.952. The summed E-state index contributed by atoms with van der Waals surface area (Å²) in [5, 5.41) is 10.6. The Kier molecular flexibility index (Phi) is 3.41. The third kappa shape index (κ3) is 2.56. The van der Waals surface area contributed by atoms with Crippen LogP contribution in [0.2, 0.25) is 0 Å². The van der Waals surface area contributed by atoms with Gasteiger partial charge in [-0.2, -0.15) is 0 Å². The standard InChI is InChI=1S/C13H14N2O3/c1-14-7-3-6-11(14)9-13(16)10-4-2-5-12(8-10)15(17)18/h2,4-5,8-9H,3,6-7H2,1H3. The van der Waals surface area contributed by atoms with Gasteiger partial charge in [-0.1, -0.05) is 12.1 Å². The smallest absolute Gasteiger partial charge is 0.270 e. The molecular formula is C13H14N2O3. The average Bonchev–Trinajstić information content (AvgIpc) is 2.75. The first-order chi connectivity index (χ1) is 8.58. The number of hydrogen-bond acceptors (Lipinski definition) is 4. The third-order valence-corrected chi connectivity index (χ3v) is 3.06. The van der Waals surface area contributed by atoms with Gasteiger partial charge in [0.05, 0.1) is 4.92 Å². The highest BCUT2D eigenvalue weighted by Crippen LogP contribution is 2.20. The first kappa shape index (κ1) is 12.3. The van der Waals surface area contributed by atoms with Crippen LogP contribution in [0.3, 0.4) is 0 Å². The molecule has 0 amide bonds. The second kappa shape index (κ2) is 5.00. The van der Waals surface area contributed by atoms with Crippen molar-refractivity contribution in [2.75, 3.05) is 13.6 Å². The number of carbonyl (C=O) groups excluding carboxylic acids is 1. The number of nitrogens with zero attached hydrogens (tertiary/aromatic N) is 2. The molecule has 0 aliphatic carbocycles. The molecule has 0 radical (unpaired) electrons. The molecule has 2 rings (SSSR count). The molecule has 0 saturated carbocycles. The van der Waals surface area contributed by atoms with Gasteiger partial charge < -0.3 is 4.90 Å². The summed E-state index contributed by atoms with van der Waals surface area (Å²) in [5.74, 6) is -0.178. The number of hydrogen-bond donors (Lipinski definition) is 0. The lowest BCUT2D eigenvalue weighted by atomic mass is 10.1. The molecule has 5 nitrogen and oxygen atoms in total. The van der Waals surface area contributed by atoms with Crippen molar-refractivity contribution in [3.05, 3.63) is 51.7 Å². The first-order valence-electron chi connectivity index (χ1n) is 5.78. The molecule has 0 N–H and O–H groups in total. The van der Waals surface area contributed by atoms with E-state index in [0.29, 0.717) is 5.56 Å². The lowest BCUT2D eigenvalue weighted by molar-refractivity contribution is -0.384. The maximum absolute atomic E-state index is 12.0. The van der Waals surface area contributed by atoms with E-state index in [9.17, 15) is 14.9 Å². The SMILES string of the molecule is CN1CCCC1=CC(=O)c1cccc([N+](=O)[O-])c1. The number of carbonyl (C=O) groups is 1. The van der Waals surface area contributed by atoms with Gasteiger partial charge >= 0.3 is 0 Å². The molecule has 1 aliphatic heterocycles. The number of allylic oxidation sites excluding steroid dienone is 2. The maximum Gasteiger partial charge on any atom is 0.270 e. The number of nitro groups is 1. The van der Waals surface area contributed by atoms with Crippen LogP contribution in [0.1, 0.15) is 23.2 Å². The summed E-state index contributed by atoms with van der Waals surface area (Å²) in [6, 6.07) is 5.82. The fraction of sp³-hybridized carbons (Fsp3) is 0.308. The van der Waals surface area contributed by atoms with E-state index in [1.165, 1.54) is 18.2 Å². The topological polar surface area (TPSA) is 63.5 Å². The summed E-state index contributed by atoms with van der Waals surface area (Å²) >= 11 is 0. The quantitative estimate of drug-likeness (QED) is 0.355. The first-order valence-corrected chi connectivity index (χ1v) is 5.78. The van der Waals surface area contributed by atoms with Crippen molar-refractivity contribution in [3.8, 4) is 0 Å². The molecule has 94 valence electrons. The van der Waals surface area contributed by atoms with Crippen molar-refractivity contribution in [2.24, 2.45) is 0 Å². The van der Waals surface area contributed by atoms with Crippen LogP contribution in [-0.2, 0) is 0 Å². The molecule has 1 aliphatic rings. The normalized spacial score (nSPS) is 17.2. The predicted molar refractivity (Wildman–Crippen MR) is 67.4 cm³/mol. The van der Waals surface area contributed by atoms with Gasteiger partial charge in [0.1, 0.15) is 0 Å². The lowest BCUT2D eigenvalue weighted by Gasteiger charge is -2.11. The van der Waals surface area contributed by atoms with Crippen LogP contribution < -0.4 is 0 Å². The second-order valence-electron chi connectivity index (χ2n) is 4.33. The van der Waals surface area contributed by atoms with Gasteiger partial charge in [-0.05, 0) is 12.8 Å². The number of likely N-dealkylation sites (tertiary alicyclic amines) is 1. The van der Waals surface area contributed by atoms with E-state index in [1.54, 1.807) is 12.1 Å². The van der Waals surface area contributed by atoms with Gasteiger partial charge in [-0.15, -0.1) is 0 Å². The number of rotatable bonds is 3. The van der Waals surface area contributed by atoms with E-state index in [2.05, 4.69) is 0 Å². The van der Waals surface area contributed by atoms with Crippen molar-refractivity contribution >= 4 is 11.5 Å². The van der Waals surface area contributed by atoms with Crippen LogP contribution >= 0.6 is 0 Å². The van der Waals surface area contributed by atoms with E-state index in [0.717, 1.165) is 25.1 Å². The summed E-state index contributed by atoms with van der Waals surface area (Å²) < 4.78 is 0. The molecular weight excluding hydrogens is 232 g/mol. The summed E-state index contributed by atoms with van der Waals surface area (Å²) in [6.07, 6.45) is 3.51. The molecule has 0 aromatic heterocycles. The molecule has 0 unspecified atom stereocenters. The van der Waals surface area contributed by atoms with Gasteiger partial charge in [-0.3, -0.25) is 14.9 Å². The summed E-state index contributed by atoms with van der Waals surface area (Å²) in [7, 11) is 1.94. The van der Waals surface area contributed by atoms with Crippen LogP contribution in [0.15, 0.2) is 36.0 Å². The third-order valence-electron chi connectivity index (χ3n) is 3.06. The molecule has 0 spiro atoms. The Balaban J connectivity index is 2.24. The molecule has 1 heterocycles. The van der Waals surface area contributed by atoms with Crippen molar-refractivity contribution < 1.29 is 9.72 Å². The molecule has 1 saturated heterocycles. The second-order valence-corrected chi connectivity index (χ2v) is 4.33. The van der Waals surface area contributed by atoms with E-state index in [4.69, 9.17) is 0 Å². The highest BCUT2D eigenvalue weighted by Gasteiger charge is 2.15. The number of ketones is 1. The molecule has 1 fully saturated rings. The maximum atomic E-state index is 12.0. The van der Waals surface area contributed by atoms with Gasteiger partial charge in [0, 0.05) is 43.1 Å². The zero-order chi connectivity index (χ0) is 13.1. The van der Waals surface area contributed by atoms with Crippen LogP contribution in [0.4, 0.5) is 5.69 Å². The van der Waals surface area contributed by atoms with Gasteiger partial charge in [0.2, 0.25) is 0 Å². The minimum absolute atomic E-state index is 0.0565. The van der Waals surface area contributed by atoms with E-state index < -0.39 is 4.92 Å². The Morgan fingerprint density at radius 3 is 2.89 bits per heavy atom. The lowest BCUT2D eigenvalue weighted by Crippen LogP contribution is -2.11. The number of benzene rings is 1. The van der Waals surface area contributed by atoms with E-state index in [1.807, 2.05) is 11.9 Å². The number of nitro benzene ring substituents is 1. The van der Waals surface area contributed by atoms with Crippen LogP contribution in [0.25, 0.3) is 0 Å². The highest BCUT2D eigenvalue weighted by atomic mass is 16.6. The fourth-order valence-corrected chi connectivity index (χ4v) is 2.02. The van der Waals surface area contributed by atoms with Crippen LogP contribution in [0.5, 0.6) is 0 Å². The molecule has 0 bridgehead atoms. The molecule has 0 atom stereocenters. The minimum Gasteiger partial charge on any atom is -0.378 e. The average molecular weight is 246 g/mol. The zero-order valence-corrected chi connectivity index (χ0v) is 10.1. The minimum atomic E-state index is -0.494. The summed E-state index contributed by atoms with van der Waals surface area (Å²) in [4.78, 5) is 24.2. The monoisotopic (exact) mass is 246 g/mol. The fourth-order valence-electron chi connectivity index (χ4n) is 2.02. The highest BCUT2D eigenvalue weighted by molar-refractivity contribution is 6.05. The van der Waals surface area contributed by atoms with Crippen LogP contribution in [0, 0.1) is 10.1 Å². The Morgan fingerprint density at radius 2 is 2.28 bits per heavy atom. The Labute approximate surface area is 105 Å². The summed E-state index contributed by atoms with van der Waals surface area (Å²) in [5.41, 5.74) is 1.29.